The van der Waals surface area contributed by atoms with E-state index in [0.717, 1.165) is 18.7 Å². The Morgan fingerprint density at radius 2 is 2.05 bits per heavy atom. The molecule has 0 bridgehead atoms. The van der Waals surface area contributed by atoms with Crippen molar-refractivity contribution >= 4 is 5.82 Å². The minimum Gasteiger partial charge on any atom is -0.359 e. The lowest BCUT2D eigenvalue weighted by Crippen LogP contribution is -2.25. The van der Waals surface area contributed by atoms with Gasteiger partial charge in [0.1, 0.15) is 5.82 Å². The van der Waals surface area contributed by atoms with Crippen molar-refractivity contribution in [3.8, 4) is 0 Å². The Bertz CT molecular complexity index is 380. The van der Waals surface area contributed by atoms with Gasteiger partial charge in [-0.1, -0.05) is 13.0 Å². The maximum atomic E-state index is 12.2. The SMILES string of the molecule is CCCNCc1cccc(N(C)CCC(F)(F)F)n1. The first-order valence-corrected chi connectivity index (χ1v) is 6.37. The summed E-state index contributed by atoms with van der Waals surface area (Å²) in [6.45, 7) is 3.52. The molecule has 1 N–H and O–H groups in total. The van der Waals surface area contributed by atoms with Crippen LogP contribution in [0.4, 0.5) is 19.0 Å². The molecule has 0 saturated heterocycles. The van der Waals surface area contributed by atoms with Crippen molar-refractivity contribution in [2.45, 2.75) is 32.5 Å². The van der Waals surface area contributed by atoms with Crippen LogP contribution < -0.4 is 10.2 Å². The number of nitrogens with one attached hydrogen (secondary N) is 1. The predicted octanol–water partition coefficient (Wildman–Crippen LogP) is 2.97. The van der Waals surface area contributed by atoms with Gasteiger partial charge in [-0.05, 0) is 25.1 Å². The minimum absolute atomic E-state index is 0.0810. The molecule has 0 spiro atoms. The number of nitrogens with zero attached hydrogens (tertiary/aromatic N) is 2. The molecule has 0 aliphatic carbocycles. The van der Waals surface area contributed by atoms with Gasteiger partial charge in [0.2, 0.25) is 0 Å². The lowest BCUT2D eigenvalue weighted by Gasteiger charge is -2.19. The lowest BCUT2D eigenvalue weighted by molar-refractivity contribution is -0.132. The van der Waals surface area contributed by atoms with Crippen LogP contribution in [-0.2, 0) is 6.54 Å². The van der Waals surface area contributed by atoms with E-state index in [1.54, 1.807) is 13.1 Å². The molecule has 1 heterocycles. The van der Waals surface area contributed by atoms with Gasteiger partial charge in [0.25, 0.3) is 0 Å². The fourth-order valence-corrected chi connectivity index (χ4v) is 1.58. The van der Waals surface area contributed by atoms with Crippen molar-refractivity contribution in [1.29, 1.82) is 0 Å². The first-order chi connectivity index (χ1) is 8.92. The summed E-state index contributed by atoms with van der Waals surface area (Å²) in [5, 5.41) is 3.21. The fourth-order valence-electron chi connectivity index (χ4n) is 1.58. The summed E-state index contributed by atoms with van der Waals surface area (Å²) in [7, 11) is 1.62. The predicted molar refractivity (Wildman–Crippen MR) is 70.2 cm³/mol. The van der Waals surface area contributed by atoms with Gasteiger partial charge in [-0.25, -0.2) is 4.98 Å². The standard InChI is InChI=1S/C13H20F3N3/c1-3-8-17-10-11-5-4-6-12(18-11)19(2)9-7-13(14,15)16/h4-6,17H,3,7-10H2,1-2H3. The van der Waals surface area contributed by atoms with Crippen LogP contribution >= 0.6 is 0 Å². The van der Waals surface area contributed by atoms with E-state index >= 15 is 0 Å². The average molecular weight is 275 g/mol. The number of hydrogen-bond donors (Lipinski definition) is 1. The minimum atomic E-state index is -4.13. The zero-order valence-electron chi connectivity index (χ0n) is 11.3. The van der Waals surface area contributed by atoms with E-state index in [4.69, 9.17) is 0 Å². The largest absolute Gasteiger partial charge is 0.390 e. The normalized spacial score (nSPS) is 11.6. The molecule has 1 aromatic rings. The average Bonchev–Trinajstić information content (AvgIpc) is 2.36. The second-order valence-electron chi connectivity index (χ2n) is 4.45. The van der Waals surface area contributed by atoms with Crippen LogP contribution in [0.3, 0.4) is 0 Å². The monoisotopic (exact) mass is 275 g/mol. The van der Waals surface area contributed by atoms with E-state index in [1.165, 1.54) is 4.90 Å². The Hall–Kier alpha value is -1.30. The molecule has 0 radical (unpaired) electrons. The van der Waals surface area contributed by atoms with Crippen LogP contribution in [0, 0.1) is 0 Å². The first kappa shape index (κ1) is 15.8. The molecule has 1 rings (SSSR count). The molecular formula is C13H20F3N3. The van der Waals surface area contributed by atoms with Gasteiger partial charge >= 0.3 is 6.18 Å². The maximum Gasteiger partial charge on any atom is 0.390 e. The van der Waals surface area contributed by atoms with Gasteiger partial charge in [-0.15, -0.1) is 0 Å². The number of hydrogen-bond acceptors (Lipinski definition) is 3. The molecule has 0 aliphatic rings. The van der Waals surface area contributed by atoms with Gasteiger partial charge in [0, 0.05) is 20.1 Å². The van der Waals surface area contributed by atoms with E-state index in [0.29, 0.717) is 12.4 Å². The van der Waals surface area contributed by atoms with Crippen LogP contribution in [0.2, 0.25) is 0 Å². The van der Waals surface area contributed by atoms with Crippen molar-refractivity contribution in [2.75, 3.05) is 25.0 Å². The Kier molecular flexibility index (Phi) is 6.08. The van der Waals surface area contributed by atoms with Crippen molar-refractivity contribution < 1.29 is 13.2 Å². The van der Waals surface area contributed by atoms with Crippen LogP contribution in [-0.4, -0.2) is 31.3 Å². The number of pyridine rings is 1. The Morgan fingerprint density at radius 1 is 1.32 bits per heavy atom. The summed E-state index contributed by atoms with van der Waals surface area (Å²) in [6.07, 6.45) is -3.93. The van der Waals surface area contributed by atoms with E-state index < -0.39 is 12.6 Å². The van der Waals surface area contributed by atoms with Crippen molar-refractivity contribution in [2.24, 2.45) is 0 Å². The molecule has 1 aromatic heterocycles. The first-order valence-electron chi connectivity index (χ1n) is 6.37. The highest BCUT2D eigenvalue weighted by Crippen LogP contribution is 2.21. The molecular weight excluding hydrogens is 255 g/mol. The van der Waals surface area contributed by atoms with Crippen molar-refractivity contribution in [3.63, 3.8) is 0 Å². The number of rotatable bonds is 7. The Labute approximate surface area is 111 Å². The maximum absolute atomic E-state index is 12.2. The number of aromatic nitrogens is 1. The highest BCUT2D eigenvalue weighted by Gasteiger charge is 2.27. The van der Waals surface area contributed by atoms with Crippen molar-refractivity contribution in [3.05, 3.63) is 23.9 Å². The number of halogens is 3. The molecule has 0 aromatic carbocycles. The third-order valence-corrected chi connectivity index (χ3v) is 2.65. The number of anilines is 1. The lowest BCUT2D eigenvalue weighted by atomic mass is 10.3. The third kappa shape index (κ3) is 6.42. The van der Waals surface area contributed by atoms with Gasteiger partial charge < -0.3 is 10.2 Å². The highest BCUT2D eigenvalue weighted by atomic mass is 19.4. The van der Waals surface area contributed by atoms with Crippen LogP contribution in [0.25, 0.3) is 0 Å². The molecule has 108 valence electrons. The second kappa shape index (κ2) is 7.33. The third-order valence-electron chi connectivity index (χ3n) is 2.65. The molecule has 0 aliphatic heterocycles. The highest BCUT2D eigenvalue weighted by molar-refractivity contribution is 5.38. The summed E-state index contributed by atoms with van der Waals surface area (Å²) in [5.74, 6) is 0.569. The van der Waals surface area contributed by atoms with Crippen LogP contribution in [0.1, 0.15) is 25.5 Å². The van der Waals surface area contributed by atoms with Gasteiger partial charge in [0.15, 0.2) is 0 Å². The zero-order chi connectivity index (χ0) is 14.3. The molecule has 0 fully saturated rings. The second-order valence-corrected chi connectivity index (χ2v) is 4.45. The van der Waals surface area contributed by atoms with Gasteiger partial charge in [-0.3, -0.25) is 0 Å². The molecule has 0 amide bonds. The van der Waals surface area contributed by atoms with E-state index in [-0.39, 0.29) is 6.54 Å². The van der Waals surface area contributed by atoms with E-state index in [9.17, 15) is 13.2 Å². The van der Waals surface area contributed by atoms with Crippen LogP contribution in [0.15, 0.2) is 18.2 Å². The summed E-state index contributed by atoms with van der Waals surface area (Å²) in [4.78, 5) is 5.87. The van der Waals surface area contributed by atoms with E-state index in [1.807, 2.05) is 12.1 Å². The smallest absolute Gasteiger partial charge is 0.359 e. The zero-order valence-corrected chi connectivity index (χ0v) is 11.3. The molecule has 0 atom stereocenters. The Balaban J connectivity index is 2.55. The van der Waals surface area contributed by atoms with Crippen LogP contribution in [0.5, 0.6) is 0 Å². The summed E-state index contributed by atoms with van der Waals surface area (Å²) >= 11 is 0. The van der Waals surface area contributed by atoms with Crippen molar-refractivity contribution in [1.82, 2.24) is 10.3 Å². The fraction of sp³-hybridized carbons (Fsp3) is 0.615. The quantitative estimate of drug-likeness (QED) is 0.775. The van der Waals surface area contributed by atoms with Gasteiger partial charge in [0.05, 0.1) is 12.1 Å². The van der Waals surface area contributed by atoms with E-state index in [2.05, 4.69) is 17.2 Å². The summed E-state index contributed by atoms with van der Waals surface area (Å²) in [6, 6.07) is 5.40. The molecule has 3 nitrogen and oxygen atoms in total. The molecule has 19 heavy (non-hydrogen) atoms. The molecule has 0 unspecified atom stereocenters. The summed E-state index contributed by atoms with van der Waals surface area (Å²) < 4.78 is 36.5. The Morgan fingerprint density at radius 3 is 2.68 bits per heavy atom. The summed E-state index contributed by atoms with van der Waals surface area (Å²) in [5.41, 5.74) is 0.838. The topological polar surface area (TPSA) is 28.2 Å². The molecule has 0 saturated carbocycles. The number of alkyl halides is 3. The molecule has 6 heteroatoms. The van der Waals surface area contributed by atoms with Gasteiger partial charge in [-0.2, -0.15) is 13.2 Å².